The van der Waals surface area contributed by atoms with E-state index in [9.17, 15) is 9.90 Å². The number of anilines is 1. The van der Waals surface area contributed by atoms with E-state index >= 15 is 0 Å². The zero-order valence-corrected chi connectivity index (χ0v) is 12.2. The molecule has 2 aromatic carbocycles. The van der Waals surface area contributed by atoms with Gasteiger partial charge in [-0.3, -0.25) is 0 Å². The third-order valence-electron chi connectivity index (χ3n) is 3.08. The summed E-state index contributed by atoms with van der Waals surface area (Å²) < 4.78 is 4.62. The molecule has 0 aliphatic rings. The third kappa shape index (κ3) is 3.97. The molecule has 2 atom stereocenters. The van der Waals surface area contributed by atoms with E-state index in [1.807, 2.05) is 30.3 Å². The quantitative estimate of drug-likeness (QED) is 0.834. The number of benzene rings is 2. The van der Waals surface area contributed by atoms with Gasteiger partial charge in [-0.05, 0) is 29.8 Å². The molecule has 0 bridgehead atoms. The molecule has 0 aliphatic carbocycles. The minimum Gasteiger partial charge on any atom is -0.467 e. The molecule has 0 unspecified atom stereocenters. The topological polar surface area (TPSA) is 58.6 Å². The Morgan fingerprint density at radius 3 is 2.33 bits per heavy atom. The van der Waals surface area contributed by atoms with Crippen molar-refractivity contribution in [1.82, 2.24) is 0 Å². The molecule has 2 aromatic rings. The molecular weight excluding hydrogens is 290 g/mol. The van der Waals surface area contributed by atoms with Crippen LogP contribution in [0.1, 0.15) is 11.6 Å². The van der Waals surface area contributed by atoms with E-state index in [0.717, 1.165) is 11.3 Å². The maximum atomic E-state index is 11.6. The van der Waals surface area contributed by atoms with Gasteiger partial charge in [-0.2, -0.15) is 0 Å². The zero-order chi connectivity index (χ0) is 15.2. The van der Waals surface area contributed by atoms with E-state index in [1.54, 1.807) is 24.3 Å². The van der Waals surface area contributed by atoms with E-state index in [2.05, 4.69) is 10.1 Å². The summed E-state index contributed by atoms with van der Waals surface area (Å²) in [5.74, 6) is -0.690. The van der Waals surface area contributed by atoms with Crippen molar-refractivity contribution >= 4 is 23.3 Å². The molecule has 2 rings (SSSR count). The summed E-state index contributed by atoms with van der Waals surface area (Å²) >= 11 is 5.85. The average molecular weight is 306 g/mol. The Kier molecular flexibility index (Phi) is 5.20. The molecule has 0 spiro atoms. The van der Waals surface area contributed by atoms with Crippen molar-refractivity contribution in [2.75, 3.05) is 12.4 Å². The first-order chi connectivity index (χ1) is 10.1. The second kappa shape index (κ2) is 7.11. The molecule has 0 saturated heterocycles. The summed E-state index contributed by atoms with van der Waals surface area (Å²) in [6.07, 6.45) is -1.31. The number of carbonyl (C=O) groups excluding carboxylic acids is 1. The van der Waals surface area contributed by atoms with Crippen LogP contribution in [0.25, 0.3) is 0 Å². The highest BCUT2D eigenvalue weighted by Crippen LogP contribution is 2.24. The smallest absolute Gasteiger partial charge is 0.337 e. The number of carbonyl (C=O) groups is 1. The molecule has 4 nitrogen and oxygen atoms in total. The lowest BCUT2D eigenvalue weighted by Gasteiger charge is -2.24. The minimum absolute atomic E-state index is 0.611. The molecule has 0 amide bonds. The number of aliphatic hydroxyl groups excluding tert-OH is 1. The molecule has 2 N–H and O–H groups in total. The van der Waals surface area contributed by atoms with Crippen LogP contribution in [0.5, 0.6) is 0 Å². The van der Waals surface area contributed by atoms with Crippen molar-refractivity contribution in [2.45, 2.75) is 12.1 Å². The highest BCUT2D eigenvalue weighted by atomic mass is 35.5. The number of nitrogens with one attached hydrogen (secondary N) is 1. The van der Waals surface area contributed by atoms with Crippen LogP contribution in [-0.2, 0) is 9.53 Å². The van der Waals surface area contributed by atoms with Crippen LogP contribution in [0.15, 0.2) is 54.6 Å². The SMILES string of the molecule is COC(=O)[C@H](O)[C@@H](Nc1ccc(Cl)cc1)c1ccccc1. The lowest BCUT2D eigenvalue weighted by atomic mass is 10.0. The molecule has 0 aromatic heterocycles. The first-order valence-electron chi connectivity index (χ1n) is 6.45. The van der Waals surface area contributed by atoms with Gasteiger partial charge in [0, 0.05) is 10.7 Å². The van der Waals surface area contributed by atoms with Gasteiger partial charge >= 0.3 is 5.97 Å². The number of hydrogen-bond acceptors (Lipinski definition) is 4. The molecule has 0 saturated carbocycles. The summed E-state index contributed by atoms with van der Waals surface area (Å²) in [7, 11) is 1.25. The molecular formula is C16H16ClNO3. The van der Waals surface area contributed by atoms with Gasteiger partial charge in [0.25, 0.3) is 0 Å². The number of hydrogen-bond donors (Lipinski definition) is 2. The molecule has 110 valence electrons. The molecule has 0 heterocycles. The fraction of sp³-hybridized carbons (Fsp3) is 0.188. The summed E-state index contributed by atoms with van der Waals surface area (Å²) in [6.45, 7) is 0. The summed E-state index contributed by atoms with van der Waals surface area (Å²) in [5, 5.41) is 13.9. The Bertz CT molecular complexity index is 586. The Hall–Kier alpha value is -2.04. The standard InChI is InChI=1S/C16H16ClNO3/c1-21-16(20)15(19)14(11-5-3-2-4-6-11)18-13-9-7-12(17)8-10-13/h2-10,14-15,18-19H,1H3/t14-,15+/m0/s1. The predicted molar refractivity (Wildman–Crippen MR) is 82.3 cm³/mol. The van der Waals surface area contributed by atoms with Crippen molar-refractivity contribution in [3.63, 3.8) is 0 Å². The number of aliphatic hydroxyl groups is 1. The molecule has 5 heteroatoms. The van der Waals surface area contributed by atoms with Gasteiger partial charge in [0.1, 0.15) is 0 Å². The third-order valence-corrected chi connectivity index (χ3v) is 3.34. The maximum absolute atomic E-state index is 11.6. The predicted octanol–water partition coefficient (Wildman–Crippen LogP) is 3.03. The van der Waals surface area contributed by atoms with E-state index in [1.165, 1.54) is 7.11 Å². The van der Waals surface area contributed by atoms with Gasteiger partial charge in [-0.1, -0.05) is 41.9 Å². The van der Waals surface area contributed by atoms with Crippen LogP contribution >= 0.6 is 11.6 Å². The first-order valence-corrected chi connectivity index (χ1v) is 6.82. The van der Waals surface area contributed by atoms with Gasteiger partial charge < -0.3 is 15.2 Å². The lowest BCUT2D eigenvalue weighted by molar-refractivity contribution is -0.151. The maximum Gasteiger partial charge on any atom is 0.337 e. The Morgan fingerprint density at radius 1 is 1.14 bits per heavy atom. The highest BCUT2D eigenvalue weighted by Gasteiger charge is 2.28. The van der Waals surface area contributed by atoms with Crippen LogP contribution in [0.3, 0.4) is 0 Å². The monoisotopic (exact) mass is 305 g/mol. The van der Waals surface area contributed by atoms with Crippen molar-refractivity contribution in [3.05, 3.63) is 65.2 Å². The van der Waals surface area contributed by atoms with Crippen LogP contribution < -0.4 is 5.32 Å². The van der Waals surface area contributed by atoms with E-state index in [-0.39, 0.29) is 0 Å². The summed E-state index contributed by atoms with van der Waals surface area (Å²) in [4.78, 5) is 11.6. The second-order valence-corrected chi connectivity index (χ2v) is 4.94. The van der Waals surface area contributed by atoms with Gasteiger partial charge in [-0.25, -0.2) is 4.79 Å². The number of methoxy groups -OCH3 is 1. The van der Waals surface area contributed by atoms with Gasteiger partial charge in [0.15, 0.2) is 6.10 Å². The van der Waals surface area contributed by atoms with E-state index in [4.69, 9.17) is 11.6 Å². The zero-order valence-electron chi connectivity index (χ0n) is 11.5. The normalized spacial score (nSPS) is 13.3. The summed E-state index contributed by atoms with van der Waals surface area (Å²) in [5.41, 5.74) is 1.53. The number of esters is 1. The van der Waals surface area contributed by atoms with Gasteiger partial charge in [0.2, 0.25) is 0 Å². The molecule has 0 aliphatic heterocycles. The number of halogens is 1. The number of rotatable bonds is 5. The molecule has 0 fully saturated rings. The van der Waals surface area contributed by atoms with E-state index in [0.29, 0.717) is 5.02 Å². The summed E-state index contributed by atoms with van der Waals surface area (Å²) in [6, 6.07) is 15.6. The van der Waals surface area contributed by atoms with Crippen molar-refractivity contribution in [2.24, 2.45) is 0 Å². The Labute approximate surface area is 128 Å². The van der Waals surface area contributed by atoms with Crippen molar-refractivity contribution < 1.29 is 14.6 Å². The Balaban J connectivity index is 2.27. The second-order valence-electron chi connectivity index (χ2n) is 4.51. The van der Waals surface area contributed by atoms with Crippen LogP contribution in [0.2, 0.25) is 5.02 Å². The highest BCUT2D eigenvalue weighted by molar-refractivity contribution is 6.30. The fourth-order valence-electron chi connectivity index (χ4n) is 1.99. The Morgan fingerprint density at radius 2 is 1.76 bits per heavy atom. The van der Waals surface area contributed by atoms with E-state index < -0.39 is 18.1 Å². The molecule has 21 heavy (non-hydrogen) atoms. The van der Waals surface area contributed by atoms with Crippen molar-refractivity contribution in [3.8, 4) is 0 Å². The largest absolute Gasteiger partial charge is 0.467 e. The van der Waals surface area contributed by atoms with Crippen LogP contribution in [0.4, 0.5) is 5.69 Å². The average Bonchev–Trinajstić information content (AvgIpc) is 2.53. The fourth-order valence-corrected chi connectivity index (χ4v) is 2.11. The minimum atomic E-state index is -1.31. The van der Waals surface area contributed by atoms with Gasteiger partial charge in [0.05, 0.1) is 13.2 Å². The van der Waals surface area contributed by atoms with Gasteiger partial charge in [-0.15, -0.1) is 0 Å². The van der Waals surface area contributed by atoms with Crippen LogP contribution in [-0.4, -0.2) is 24.3 Å². The first kappa shape index (κ1) is 15.4. The van der Waals surface area contributed by atoms with Crippen LogP contribution in [0, 0.1) is 0 Å². The van der Waals surface area contributed by atoms with Crippen molar-refractivity contribution in [1.29, 1.82) is 0 Å². The lowest BCUT2D eigenvalue weighted by Crippen LogP contribution is -2.33. The number of ether oxygens (including phenoxy) is 1. The molecule has 0 radical (unpaired) electrons.